The van der Waals surface area contributed by atoms with Gasteiger partial charge in [-0.1, -0.05) is 23.7 Å². The number of amides is 1. The monoisotopic (exact) mass is 439 g/mol. The molecule has 0 heterocycles. The topological polar surface area (TPSA) is 55.4 Å². The number of nitrogens with one attached hydrogen (secondary N) is 1. The first-order chi connectivity index (χ1) is 14.1. The van der Waals surface area contributed by atoms with Crippen LogP contribution in [0.25, 0.3) is 10.8 Å². The van der Waals surface area contributed by atoms with Crippen LogP contribution in [0.2, 0.25) is 5.02 Å². The van der Waals surface area contributed by atoms with Crippen LogP contribution in [0, 0.1) is 5.82 Å². The van der Waals surface area contributed by atoms with E-state index in [1.54, 1.807) is 0 Å². The molecule has 0 aliphatic carbocycles. The number of ether oxygens (including phenoxy) is 1. The minimum absolute atomic E-state index is 0.0217. The van der Waals surface area contributed by atoms with Gasteiger partial charge in [0, 0.05) is 5.56 Å². The number of anilines is 1. The number of fused-ring (bicyclic) bond motifs is 1. The number of alkyl halides is 3. The molecule has 0 aromatic heterocycles. The zero-order valence-electron chi connectivity index (χ0n) is 15.4. The quantitative estimate of drug-likeness (QED) is 0.396. The number of benzene rings is 3. The maximum Gasteiger partial charge on any atom is 0.417 e. The third-order valence-electron chi connectivity index (χ3n) is 4.22. The summed E-state index contributed by atoms with van der Waals surface area (Å²) >= 11 is 5.69. The van der Waals surface area contributed by atoms with Crippen LogP contribution in [0.5, 0.6) is 0 Å². The van der Waals surface area contributed by atoms with Gasteiger partial charge < -0.3 is 10.1 Å². The van der Waals surface area contributed by atoms with Crippen LogP contribution in [0.3, 0.4) is 0 Å². The van der Waals surface area contributed by atoms with Crippen molar-refractivity contribution in [2.24, 2.45) is 0 Å². The van der Waals surface area contributed by atoms with Crippen molar-refractivity contribution in [3.63, 3.8) is 0 Å². The number of carbonyl (C=O) groups excluding carboxylic acids is 2. The van der Waals surface area contributed by atoms with E-state index in [0.29, 0.717) is 16.8 Å². The molecule has 1 amide bonds. The lowest BCUT2D eigenvalue weighted by molar-refractivity contribution is -0.137. The second-order valence-electron chi connectivity index (χ2n) is 6.26. The van der Waals surface area contributed by atoms with E-state index in [-0.39, 0.29) is 17.7 Å². The fraction of sp³-hybridized carbons (Fsp3) is 0.143. The van der Waals surface area contributed by atoms with Crippen LogP contribution in [-0.2, 0) is 10.9 Å². The van der Waals surface area contributed by atoms with Crippen LogP contribution in [0.15, 0.2) is 48.5 Å². The van der Waals surface area contributed by atoms with E-state index in [1.165, 1.54) is 43.3 Å². The van der Waals surface area contributed by atoms with Crippen molar-refractivity contribution >= 4 is 39.9 Å². The summed E-state index contributed by atoms with van der Waals surface area (Å²) in [6, 6.07) is 9.71. The number of hydrogen-bond donors (Lipinski definition) is 1. The second kappa shape index (κ2) is 8.31. The number of hydrogen-bond acceptors (Lipinski definition) is 3. The molecule has 1 N–H and O–H groups in total. The highest BCUT2D eigenvalue weighted by Gasteiger charge is 2.35. The fourth-order valence-electron chi connectivity index (χ4n) is 2.82. The van der Waals surface area contributed by atoms with Gasteiger partial charge in [0.1, 0.15) is 5.82 Å². The van der Waals surface area contributed by atoms with E-state index in [2.05, 4.69) is 5.32 Å². The van der Waals surface area contributed by atoms with Gasteiger partial charge in [0.25, 0.3) is 5.91 Å². The first-order valence-corrected chi connectivity index (χ1v) is 9.06. The normalized spacial score (nSPS) is 11.4. The zero-order valence-corrected chi connectivity index (χ0v) is 16.2. The Morgan fingerprint density at radius 1 is 1.03 bits per heavy atom. The molecule has 0 aliphatic heterocycles. The average Bonchev–Trinajstić information content (AvgIpc) is 2.67. The molecule has 0 saturated heterocycles. The lowest BCUT2D eigenvalue weighted by Crippen LogP contribution is -2.18. The molecule has 3 rings (SSSR count). The van der Waals surface area contributed by atoms with Crippen molar-refractivity contribution in [1.29, 1.82) is 0 Å². The molecule has 0 atom stereocenters. The van der Waals surface area contributed by atoms with Crippen LogP contribution in [0.4, 0.5) is 23.2 Å². The van der Waals surface area contributed by atoms with Gasteiger partial charge in [-0.25, -0.2) is 9.18 Å². The second-order valence-corrected chi connectivity index (χ2v) is 6.66. The lowest BCUT2D eigenvalue weighted by Gasteiger charge is -2.16. The van der Waals surface area contributed by atoms with Gasteiger partial charge in [0.15, 0.2) is 0 Å². The standard InChI is InChI=1S/C21H14ClF4NO3/c1-2-30-20(29)15-9-17(22)16(21(24,25)26)10-18(15)27-19(28)13-4-3-12-8-14(23)6-5-11(12)7-13/h3-10H,2H2,1H3,(H,27,28). The molecule has 0 saturated carbocycles. The summed E-state index contributed by atoms with van der Waals surface area (Å²) < 4.78 is 57.8. The number of halogens is 5. The van der Waals surface area contributed by atoms with Crippen molar-refractivity contribution < 1.29 is 31.9 Å². The van der Waals surface area contributed by atoms with Gasteiger partial charge in [-0.2, -0.15) is 13.2 Å². The highest BCUT2D eigenvalue weighted by molar-refractivity contribution is 6.32. The summed E-state index contributed by atoms with van der Waals surface area (Å²) in [6.45, 7) is 1.51. The molecule has 3 aromatic rings. The molecule has 9 heteroatoms. The van der Waals surface area contributed by atoms with E-state index in [0.717, 1.165) is 6.07 Å². The molecule has 4 nitrogen and oxygen atoms in total. The first-order valence-electron chi connectivity index (χ1n) is 8.68. The number of rotatable bonds is 4. The third-order valence-corrected chi connectivity index (χ3v) is 4.53. The Hall–Kier alpha value is -3.13. The van der Waals surface area contributed by atoms with Crippen molar-refractivity contribution in [1.82, 2.24) is 0 Å². The van der Waals surface area contributed by atoms with E-state index in [9.17, 15) is 27.2 Å². The molecule has 0 fully saturated rings. The van der Waals surface area contributed by atoms with E-state index in [4.69, 9.17) is 16.3 Å². The molecule has 0 radical (unpaired) electrons. The highest BCUT2D eigenvalue weighted by Crippen LogP contribution is 2.38. The zero-order chi connectivity index (χ0) is 22.1. The SMILES string of the molecule is CCOC(=O)c1cc(Cl)c(C(F)(F)F)cc1NC(=O)c1ccc2cc(F)ccc2c1. The van der Waals surface area contributed by atoms with E-state index in [1.807, 2.05) is 0 Å². The summed E-state index contributed by atoms with van der Waals surface area (Å²) in [5.74, 6) is -2.14. The molecule has 3 aromatic carbocycles. The molecule has 156 valence electrons. The van der Waals surface area contributed by atoms with Crippen molar-refractivity contribution in [2.45, 2.75) is 13.1 Å². The Bertz CT molecular complexity index is 1150. The average molecular weight is 440 g/mol. The van der Waals surface area contributed by atoms with E-state index >= 15 is 0 Å². The van der Waals surface area contributed by atoms with Gasteiger partial charge in [-0.15, -0.1) is 0 Å². The van der Waals surface area contributed by atoms with Crippen LogP contribution >= 0.6 is 11.6 Å². The Kier molecular flexibility index (Phi) is 5.98. The van der Waals surface area contributed by atoms with E-state index < -0.39 is 40.1 Å². The first kappa shape index (κ1) is 21.6. The predicted octanol–water partition coefficient (Wildman–Crippen LogP) is 6.08. The summed E-state index contributed by atoms with van der Waals surface area (Å²) in [5, 5.41) is 2.71. The summed E-state index contributed by atoms with van der Waals surface area (Å²) in [7, 11) is 0. The number of esters is 1. The molecule has 0 spiro atoms. The third kappa shape index (κ3) is 4.54. The number of carbonyl (C=O) groups is 2. The smallest absolute Gasteiger partial charge is 0.417 e. The Balaban J connectivity index is 2.02. The largest absolute Gasteiger partial charge is 0.462 e. The molecular formula is C21H14ClF4NO3. The highest BCUT2D eigenvalue weighted by atomic mass is 35.5. The van der Waals surface area contributed by atoms with Crippen molar-refractivity contribution in [3.8, 4) is 0 Å². The fourth-order valence-corrected chi connectivity index (χ4v) is 3.09. The maximum absolute atomic E-state index is 13.3. The van der Waals surface area contributed by atoms with Gasteiger partial charge in [0.05, 0.1) is 28.4 Å². The molecular weight excluding hydrogens is 426 g/mol. The predicted molar refractivity (Wildman–Crippen MR) is 104 cm³/mol. The molecule has 0 bridgehead atoms. The summed E-state index contributed by atoms with van der Waals surface area (Å²) in [5.41, 5.74) is -1.81. The van der Waals surface area contributed by atoms with Gasteiger partial charge in [-0.3, -0.25) is 4.79 Å². The Morgan fingerprint density at radius 3 is 2.37 bits per heavy atom. The molecule has 0 unspecified atom stereocenters. The van der Waals surface area contributed by atoms with Crippen LogP contribution < -0.4 is 5.32 Å². The Labute approximate surface area is 173 Å². The maximum atomic E-state index is 13.3. The minimum Gasteiger partial charge on any atom is -0.462 e. The summed E-state index contributed by atoms with van der Waals surface area (Å²) in [4.78, 5) is 24.8. The van der Waals surface area contributed by atoms with Crippen LogP contribution in [0.1, 0.15) is 33.2 Å². The lowest BCUT2D eigenvalue weighted by atomic mass is 10.1. The van der Waals surface area contributed by atoms with Crippen molar-refractivity contribution in [3.05, 3.63) is 76.1 Å². The van der Waals surface area contributed by atoms with Gasteiger partial charge in [-0.05, 0) is 54.1 Å². The molecule has 0 aliphatic rings. The van der Waals surface area contributed by atoms with Crippen molar-refractivity contribution in [2.75, 3.05) is 11.9 Å². The van der Waals surface area contributed by atoms with Crippen LogP contribution in [-0.4, -0.2) is 18.5 Å². The summed E-state index contributed by atoms with van der Waals surface area (Å²) in [6.07, 6.45) is -4.79. The minimum atomic E-state index is -4.79. The van der Waals surface area contributed by atoms with Gasteiger partial charge >= 0.3 is 12.1 Å². The Morgan fingerprint density at radius 2 is 1.70 bits per heavy atom. The molecule has 30 heavy (non-hydrogen) atoms. The van der Waals surface area contributed by atoms with Gasteiger partial charge in [0.2, 0.25) is 0 Å².